The lowest BCUT2D eigenvalue weighted by Gasteiger charge is -2.24. The van der Waals surface area contributed by atoms with Crippen LogP contribution < -0.4 is 10.6 Å². The van der Waals surface area contributed by atoms with Crippen molar-refractivity contribution in [3.05, 3.63) is 53.3 Å². The standard InChI is InChI=1S/C21H32N6O2/c1-21(2,3)29-20(28)26(5)14-17-9-7-16(8-10-17)11-23-19(22-4)24-12-18-13-25-27(6)15-18/h7-10,13,15H,11-12,14H2,1-6H3,(H2,22,23,24). The minimum absolute atomic E-state index is 0.327. The van der Waals surface area contributed by atoms with Crippen molar-refractivity contribution in [3.8, 4) is 0 Å². The van der Waals surface area contributed by atoms with Crippen LogP contribution in [0.5, 0.6) is 0 Å². The predicted octanol–water partition coefficient (Wildman–Crippen LogP) is 2.65. The second-order valence-corrected chi connectivity index (χ2v) is 7.95. The molecule has 2 rings (SSSR count). The Kier molecular flexibility index (Phi) is 7.64. The Morgan fingerprint density at radius 3 is 2.24 bits per heavy atom. The summed E-state index contributed by atoms with van der Waals surface area (Å²) in [6.07, 6.45) is 3.47. The van der Waals surface area contributed by atoms with Gasteiger partial charge in [-0.15, -0.1) is 0 Å². The molecule has 1 heterocycles. The van der Waals surface area contributed by atoms with Crippen molar-refractivity contribution in [1.82, 2.24) is 25.3 Å². The number of aromatic nitrogens is 2. The first-order valence-electron chi connectivity index (χ1n) is 9.60. The van der Waals surface area contributed by atoms with Crippen molar-refractivity contribution in [3.63, 3.8) is 0 Å². The SMILES string of the molecule is CN=C(NCc1ccc(CN(C)C(=O)OC(C)(C)C)cc1)NCc1cnn(C)c1. The number of ether oxygens (including phenoxy) is 1. The molecule has 8 heteroatoms. The lowest BCUT2D eigenvalue weighted by Crippen LogP contribution is -2.36. The fourth-order valence-electron chi connectivity index (χ4n) is 2.60. The van der Waals surface area contributed by atoms with Gasteiger partial charge >= 0.3 is 6.09 Å². The van der Waals surface area contributed by atoms with E-state index >= 15 is 0 Å². The molecule has 2 aromatic rings. The number of hydrogen-bond donors (Lipinski definition) is 2. The molecular formula is C21H32N6O2. The summed E-state index contributed by atoms with van der Waals surface area (Å²) in [5.41, 5.74) is 2.76. The highest BCUT2D eigenvalue weighted by Gasteiger charge is 2.19. The van der Waals surface area contributed by atoms with E-state index in [1.165, 1.54) is 0 Å². The average molecular weight is 401 g/mol. The number of carbonyl (C=O) groups excluding carboxylic acids is 1. The number of carbonyl (C=O) groups is 1. The van der Waals surface area contributed by atoms with Crippen molar-refractivity contribution in [2.24, 2.45) is 12.0 Å². The van der Waals surface area contributed by atoms with Crippen LogP contribution in [0.3, 0.4) is 0 Å². The van der Waals surface area contributed by atoms with Crippen LogP contribution in [0.1, 0.15) is 37.5 Å². The van der Waals surface area contributed by atoms with E-state index in [-0.39, 0.29) is 6.09 Å². The van der Waals surface area contributed by atoms with E-state index in [2.05, 4.69) is 20.7 Å². The molecule has 158 valence electrons. The summed E-state index contributed by atoms with van der Waals surface area (Å²) in [5.74, 6) is 0.725. The Balaban J connectivity index is 1.81. The molecule has 1 aromatic carbocycles. The highest BCUT2D eigenvalue weighted by Crippen LogP contribution is 2.12. The number of amides is 1. The number of aliphatic imine (C=N–C) groups is 1. The first kappa shape index (κ1) is 22.3. The minimum Gasteiger partial charge on any atom is -0.444 e. The zero-order valence-corrected chi connectivity index (χ0v) is 18.2. The van der Waals surface area contributed by atoms with Gasteiger partial charge in [0.2, 0.25) is 0 Å². The Hall–Kier alpha value is -3.03. The van der Waals surface area contributed by atoms with E-state index in [0.717, 1.165) is 22.6 Å². The van der Waals surface area contributed by atoms with Gasteiger partial charge < -0.3 is 20.3 Å². The molecule has 0 spiro atoms. The highest BCUT2D eigenvalue weighted by atomic mass is 16.6. The van der Waals surface area contributed by atoms with Gasteiger partial charge in [-0.1, -0.05) is 24.3 Å². The molecule has 0 saturated heterocycles. The molecule has 8 nitrogen and oxygen atoms in total. The van der Waals surface area contributed by atoms with E-state index in [0.29, 0.717) is 19.6 Å². The second kappa shape index (κ2) is 9.95. The van der Waals surface area contributed by atoms with Crippen molar-refractivity contribution < 1.29 is 9.53 Å². The highest BCUT2D eigenvalue weighted by molar-refractivity contribution is 5.79. The van der Waals surface area contributed by atoms with Crippen molar-refractivity contribution >= 4 is 12.1 Å². The number of guanidine groups is 1. The van der Waals surface area contributed by atoms with E-state index < -0.39 is 5.60 Å². The van der Waals surface area contributed by atoms with Gasteiger partial charge in [-0.25, -0.2) is 4.79 Å². The van der Waals surface area contributed by atoms with Gasteiger partial charge in [-0.3, -0.25) is 9.67 Å². The maximum absolute atomic E-state index is 12.1. The van der Waals surface area contributed by atoms with Crippen LogP contribution in [0, 0.1) is 0 Å². The van der Waals surface area contributed by atoms with Crippen LogP contribution in [0.2, 0.25) is 0 Å². The van der Waals surface area contributed by atoms with E-state index in [1.54, 1.807) is 23.7 Å². The van der Waals surface area contributed by atoms with Crippen LogP contribution in [-0.4, -0.2) is 46.4 Å². The van der Waals surface area contributed by atoms with Crippen LogP contribution in [-0.2, 0) is 31.4 Å². The van der Waals surface area contributed by atoms with Crippen LogP contribution >= 0.6 is 0 Å². The van der Waals surface area contributed by atoms with E-state index in [1.807, 2.05) is 64.5 Å². The van der Waals surface area contributed by atoms with Crippen molar-refractivity contribution in [2.45, 2.75) is 46.0 Å². The predicted molar refractivity (Wildman–Crippen MR) is 114 cm³/mol. The topological polar surface area (TPSA) is 83.8 Å². The number of benzene rings is 1. The van der Waals surface area contributed by atoms with Crippen molar-refractivity contribution in [2.75, 3.05) is 14.1 Å². The molecule has 0 unspecified atom stereocenters. The van der Waals surface area contributed by atoms with Gasteiger partial charge in [0.05, 0.1) is 6.20 Å². The third-order valence-electron chi connectivity index (χ3n) is 4.05. The fourth-order valence-corrected chi connectivity index (χ4v) is 2.60. The van der Waals surface area contributed by atoms with Gasteiger partial charge in [0.25, 0.3) is 0 Å². The summed E-state index contributed by atoms with van der Waals surface area (Å²) in [6.45, 7) is 7.38. The molecule has 0 aliphatic heterocycles. The monoisotopic (exact) mass is 400 g/mol. The smallest absolute Gasteiger partial charge is 0.410 e. The van der Waals surface area contributed by atoms with Crippen molar-refractivity contribution in [1.29, 1.82) is 0 Å². The van der Waals surface area contributed by atoms with Crippen LogP contribution in [0.15, 0.2) is 41.7 Å². The quantitative estimate of drug-likeness (QED) is 0.575. The average Bonchev–Trinajstić information content (AvgIpc) is 3.07. The first-order valence-corrected chi connectivity index (χ1v) is 9.60. The van der Waals surface area contributed by atoms with Gasteiger partial charge in [0.15, 0.2) is 5.96 Å². The number of hydrogen-bond acceptors (Lipinski definition) is 4. The Morgan fingerprint density at radius 1 is 1.14 bits per heavy atom. The summed E-state index contributed by atoms with van der Waals surface area (Å²) in [4.78, 5) is 17.9. The Bertz CT molecular complexity index is 820. The van der Waals surface area contributed by atoms with E-state index in [9.17, 15) is 4.79 Å². The second-order valence-electron chi connectivity index (χ2n) is 7.95. The van der Waals surface area contributed by atoms with E-state index in [4.69, 9.17) is 4.74 Å². The summed E-state index contributed by atoms with van der Waals surface area (Å²) in [5, 5.41) is 10.7. The molecule has 1 aromatic heterocycles. The molecule has 0 atom stereocenters. The third kappa shape index (κ3) is 7.85. The number of nitrogens with one attached hydrogen (secondary N) is 2. The molecule has 0 saturated carbocycles. The zero-order chi connectivity index (χ0) is 21.4. The van der Waals surface area contributed by atoms with Gasteiger partial charge in [0.1, 0.15) is 5.60 Å². The maximum Gasteiger partial charge on any atom is 0.410 e. The Morgan fingerprint density at radius 2 is 1.72 bits per heavy atom. The number of rotatable bonds is 6. The first-order chi connectivity index (χ1) is 13.7. The molecular weight excluding hydrogens is 368 g/mol. The third-order valence-corrected chi connectivity index (χ3v) is 4.05. The molecule has 0 fully saturated rings. The fraction of sp³-hybridized carbons (Fsp3) is 0.476. The Labute approximate surface area is 173 Å². The van der Waals surface area contributed by atoms with Crippen LogP contribution in [0.25, 0.3) is 0 Å². The molecule has 29 heavy (non-hydrogen) atoms. The summed E-state index contributed by atoms with van der Waals surface area (Å²) < 4.78 is 7.15. The minimum atomic E-state index is -0.496. The molecule has 1 amide bonds. The maximum atomic E-state index is 12.1. The largest absolute Gasteiger partial charge is 0.444 e. The summed E-state index contributed by atoms with van der Waals surface area (Å²) >= 11 is 0. The zero-order valence-electron chi connectivity index (χ0n) is 18.2. The van der Waals surface area contributed by atoms with Gasteiger partial charge in [-0.2, -0.15) is 5.10 Å². The normalized spacial score (nSPS) is 11.9. The lowest BCUT2D eigenvalue weighted by atomic mass is 10.1. The summed E-state index contributed by atoms with van der Waals surface area (Å²) in [7, 11) is 5.38. The molecule has 0 aliphatic carbocycles. The molecule has 0 aliphatic rings. The lowest BCUT2D eigenvalue weighted by molar-refractivity contribution is 0.0285. The van der Waals surface area contributed by atoms with Gasteiger partial charge in [0, 0.05) is 52.5 Å². The number of aryl methyl sites for hydroxylation is 1. The molecule has 2 N–H and O–H groups in total. The van der Waals surface area contributed by atoms with Crippen LogP contribution in [0.4, 0.5) is 4.79 Å². The molecule has 0 radical (unpaired) electrons. The number of nitrogens with zero attached hydrogens (tertiary/aromatic N) is 4. The van der Waals surface area contributed by atoms with Gasteiger partial charge in [-0.05, 0) is 31.9 Å². The summed E-state index contributed by atoms with van der Waals surface area (Å²) in [6, 6.07) is 8.12. The molecule has 0 bridgehead atoms.